The lowest BCUT2D eigenvalue weighted by molar-refractivity contribution is 0.398. The predicted octanol–water partition coefficient (Wildman–Crippen LogP) is 2.33. The van der Waals surface area contributed by atoms with E-state index in [1.807, 2.05) is 0 Å². The zero-order valence-corrected chi connectivity index (χ0v) is 19.4. The number of sulfonamides is 2. The molecule has 0 radical (unpaired) electrons. The lowest BCUT2D eigenvalue weighted by Gasteiger charge is -2.18. The van der Waals surface area contributed by atoms with Crippen LogP contribution in [0.5, 0.6) is 5.75 Å². The summed E-state index contributed by atoms with van der Waals surface area (Å²) in [4.78, 5) is 0.108. The van der Waals surface area contributed by atoms with Crippen LogP contribution in [-0.2, 0) is 20.0 Å². The van der Waals surface area contributed by atoms with Crippen LogP contribution in [0.3, 0.4) is 0 Å². The van der Waals surface area contributed by atoms with Crippen molar-refractivity contribution in [1.82, 2.24) is 14.5 Å². The maximum absolute atomic E-state index is 13.1. The molecule has 33 heavy (non-hydrogen) atoms. The fraction of sp³-hybridized carbons (Fsp3) is 0.238. The third kappa shape index (κ3) is 4.98. The Bertz CT molecular complexity index is 1350. The summed E-state index contributed by atoms with van der Waals surface area (Å²) in [6, 6.07) is 14.2. The highest BCUT2D eigenvalue weighted by Crippen LogP contribution is 2.32. The van der Waals surface area contributed by atoms with Gasteiger partial charge in [0, 0.05) is 24.3 Å². The van der Waals surface area contributed by atoms with Crippen molar-refractivity contribution in [3.8, 4) is 17.0 Å². The fourth-order valence-electron chi connectivity index (χ4n) is 3.53. The van der Waals surface area contributed by atoms with Crippen LogP contribution < -0.4 is 15.2 Å². The molecule has 0 unspecified atom stereocenters. The lowest BCUT2D eigenvalue weighted by atomic mass is 10.1. The van der Waals surface area contributed by atoms with E-state index in [4.69, 9.17) is 9.88 Å². The Hall–Kier alpha value is -3.06. The first-order valence-electron chi connectivity index (χ1n) is 10.1. The molecule has 3 N–H and O–H groups in total. The van der Waals surface area contributed by atoms with Crippen molar-refractivity contribution < 1.29 is 21.6 Å². The summed E-state index contributed by atoms with van der Waals surface area (Å²) in [5.41, 5.74) is 1.68. The number of nitrogens with one attached hydrogen (secondary N) is 1. The van der Waals surface area contributed by atoms with Gasteiger partial charge in [-0.25, -0.2) is 22.0 Å². The van der Waals surface area contributed by atoms with Gasteiger partial charge in [-0.2, -0.15) is 4.31 Å². The number of anilines is 2. The van der Waals surface area contributed by atoms with E-state index in [0.29, 0.717) is 35.9 Å². The predicted molar refractivity (Wildman–Crippen MR) is 123 cm³/mol. The minimum Gasteiger partial charge on any atom is -0.495 e. The summed E-state index contributed by atoms with van der Waals surface area (Å²) < 4.78 is 55.7. The van der Waals surface area contributed by atoms with Crippen LogP contribution in [0.1, 0.15) is 12.8 Å². The van der Waals surface area contributed by atoms with E-state index >= 15 is 0 Å². The third-order valence-electron chi connectivity index (χ3n) is 5.26. The van der Waals surface area contributed by atoms with Crippen LogP contribution in [0.15, 0.2) is 64.4 Å². The molecule has 2 aromatic carbocycles. The third-order valence-corrected chi connectivity index (χ3v) is 8.11. The lowest BCUT2D eigenvalue weighted by Crippen LogP contribution is -2.28. The molecule has 1 aromatic heterocycles. The Morgan fingerprint density at radius 3 is 2.21 bits per heavy atom. The molecule has 3 aromatic rings. The summed E-state index contributed by atoms with van der Waals surface area (Å²) in [7, 11) is -6.00. The Morgan fingerprint density at radius 2 is 1.64 bits per heavy atom. The van der Waals surface area contributed by atoms with Gasteiger partial charge in [-0.05, 0) is 67.4 Å². The Labute approximate surface area is 192 Å². The van der Waals surface area contributed by atoms with Crippen molar-refractivity contribution in [1.29, 1.82) is 0 Å². The van der Waals surface area contributed by atoms with E-state index in [1.54, 1.807) is 42.5 Å². The van der Waals surface area contributed by atoms with Crippen LogP contribution >= 0.6 is 0 Å². The van der Waals surface area contributed by atoms with Gasteiger partial charge in [-0.1, -0.05) is 0 Å². The van der Waals surface area contributed by atoms with Gasteiger partial charge in [0.15, 0.2) is 5.82 Å². The van der Waals surface area contributed by atoms with E-state index in [-0.39, 0.29) is 15.5 Å². The number of ether oxygens (including phenoxy) is 1. The molecule has 1 aliphatic heterocycles. The maximum atomic E-state index is 13.1. The van der Waals surface area contributed by atoms with Crippen molar-refractivity contribution in [2.24, 2.45) is 5.14 Å². The molecule has 0 atom stereocenters. The first kappa shape index (κ1) is 23.1. The highest BCUT2D eigenvalue weighted by atomic mass is 32.2. The first-order chi connectivity index (χ1) is 15.7. The number of nitrogens with zero attached hydrogens (tertiary/aromatic N) is 3. The first-order valence-corrected chi connectivity index (χ1v) is 13.1. The van der Waals surface area contributed by atoms with Gasteiger partial charge in [0.25, 0.3) is 0 Å². The summed E-state index contributed by atoms with van der Waals surface area (Å²) >= 11 is 0. The van der Waals surface area contributed by atoms with Gasteiger partial charge >= 0.3 is 0 Å². The van der Waals surface area contributed by atoms with Gasteiger partial charge in [0.2, 0.25) is 20.0 Å². The number of rotatable bonds is 7. The van der Waals surface area contributed by atoms with Crippen molar-refractivity contribution >= 4 is 31.6 Å². The zero-order valence-electron chi connectivity index (χ0n) is 17.8. The van der Waals surface area contributed by atoms with Gasteiger partial charge in [0.1, 0.15) is 10.6 Å². The van der Waals surface area contributed by atoms with Crippen molar-refractivity contribution in [3.05, 3.63) is 54.6 Å². The van der Waals surface area contributed by atoms with E-state index < -0.39 is 20.0 Å². The normalized spacial score (nSPS) is 14.8. The Kier molecular flexibility index (Phi) is 6.34. The largest absolute Gasteiger partial charge is 0.495 e. The molecule has 2 heterocycles. The molecule has 1 aliphatic rings. The van der Waals surface area contributed by atoms with E-state index in [9.17, 15) is 16.8 Å². The van der Waals surface area contributed by atoms with Gasteiger partial charge < -0.3 is 10.1 Å². The standard InChI is InChI=1S/C21H23N5O5S2/c1-31-19-10-4-15(14-20(19)33(29,30)26-12-2-3-13-26)18-9-11-21(25-24-18)23-16-5-7-17(8-6-16)32(22,27)28/h4-11,14H,2-3,12-13H2,1H3,(H,23,25)(H2,22,27,28). The highest BCUT2D eigenvalue weighted by molar-refractivity contribution is 7.89. The van der Waals surface area contributed by atoms with E-state index in [0.717, 1.165) is 12.8 Å². The second-order valence-corrected chi connectivity index (χ2v) is 10.9. The zero-order chi connectivity index (χ0) is 23.6. The van der Waals surface area contributed by atoms with Crippen molar-refractivity contribution in [3.63, 3.8) is 0 Å². The number of hydrogen-bond donors (Lipinski definition) is 2. The minimum atomic E-state index is -3.76. The van der Waals surface area contributed by atoms with Crippen molar-refractivity contribution in [2.45, 2.75) is 22.6 Å². The summed E-state index contributed by atoms with van der Waals surface area (Å²) in [5.74, 6) is 0.709. The number of nitrogens with two attached hydrogens (primary N) is 1. The summed E-state index contributed by atoms with van der Waals surface area (Å²) in [6.45, 7) is 0.988. The van der Waals surface area contributed by atoms with Gasteiger partial charge in [-0.3, -0.25) is 0 Å². The van der Waals surface area contributed by atoms with Crippen LogP contribution in [0.25, 0.3) is 11.3 Å². The van der Waals surface area contributed by atoms with Crippen LogP contribution in [0.4, 0.5) is 11.5 Å². The molecule has 0 aliphatic carbocycles. The van der Waals surface area contributed by atoms with E-state index in [1.165, 1.54) is 23.5 Å². The molecule has 10 nitrogen and oxygen atoms in total. The number of aromatic nitrogens is 2. The fourth-order valence-corrected chi connectivity index (χ4v) is 5.75. The average molecular weight is 490 g/mol. The Balaban J connectivity index is 1.57. The molecular formula is C21H23N5O5S2. The SMILES string of the molecule is COc1ccc(-c2ccc(Nc3ccc(S(N)(=O)=O)cc3)nn2)cc1S(=O)(=O)N1CCCC1. The molecular weight excluding hydrogens is 466 g/mol. The van der Waals surface area contributed by atoms with E-state index in [2.05, 4.69) is 15.5 Å². The average Bonchev–Trinajstić information content (AvgIpc) is 3.35. The highest BCUT2D eigenvalue weighted by Gasteiger charge is 2.30. The summed E-state index contributed by atoms with van der Waals surface area (Å²) in [5, 5.41) is 16.5. The topological polar surface area (TPSA) is 145 Å². The second-order valence-electron chi connectivity index (χ2n) is 7.48. The van der Waals surface area contributed by atoms with Crippen molar-refractivity contribution in [2.75, 3.05) is 25.5 Å². The smallest absolute Gasteiger partial charge is 0.246 e. The molecule has 1 fully saturated rings. The molecule has 0 saturated carbocycles. The molecule has 0 amide bonds. The quantitative estimate of drug-likeness (QED) is 0.514. The number of hydrogen-bond acceptors (Lipinski definition) is 8. The molecule has 4 rings (SSSR count). The molecule has 0 spiro atoms. The minimum absolute atomic E-state index is 0.00803. The monoisotopic (exact) mass is 489 g/mol. The van der Waals surface area contributed by atoms with Crippen LogP contribution in [-0.4, -0.2) is 51.5 Å². The molecule has 0 bridgehead atoms. The van der Waals surface area contributed by atoms with Gasteiger partial charge in [-0.15, -0.1) is 10.2 Å². The summed E-state index contributed by atoms with van der Waals surface area (Å²) in [6.07, 6.45) is 1.68. The van der Waals surface area contributed by atoms with Crippen LogP contribution in [0, 0.1) is 0 Å². The number of methoxy groups -OCH3 is 1. The molecule has 1 saturated heterocycles. The van der Waals surface area contributed by atoms with Gasteiger partial charge in [0.05, 0.1) is 17.7 Å². The number of benzene rings is 2. The second kappa shape index (κ2) is 9.06. The Morgan fingerprint density at radius 1 is 0.939 bits per heavy atom. The molecule has 174 valence electrons. The maximum Gasteiger partial charge on any atom is 0.246 e. The molecule has 12 heteroatoms. The number of primary sulfonamides is 1. The van der Waals surface area contributed by atoms with Crippen LogP contribution in [0.2, 0.25) is 0 Å².